The Bertz CT molecular complexity index is 1550. The predicted octanol–water partition coefficient (Wildman–Crippen LogP) is 4.68. The SMILES string of the molecule is C=CC(=O)OCC(CC)(COC(=O)C=C)COC(=O)C=C.C=CC(=O)OCCC(COC(=O)C=C)OC(=O)C=C.C=CC(=O)Oc1cc(C)cc(OC(=O)C=C)c1. The van der Waals surface area contributed by atoms with Crippen molar-refractivity contribution in [2.45, 2.75) is 32.8 Å². The first kappa shape index (κ1) is 52.0. The fourth-order valence-corrected chi connectivity index (χ4v) is 3.40. The fraction of sp³-hybridized carbons (Fsp3) is 0.268. The summed E-state index contributed by atoms with van der Waals surface area (Å²) in [7, 11) is 0. The number of hydrogen-bond acceptors (Lipinski definition) is 16. The number of hydrogen-bond donors (Lipinski definition) is 0. The molecule has 0 bridgehead atoms. The molecule has 0 amide bonds. The van der Waals surface area contributed by atoms with Gasteiger partial charge in [-0.3, -0.25) is 0 Å². The van der Waals surface area contributed by atoms with Crippen molar-refractivity contribution in [3.05, 3.63) is 125 Å². The van der Waals surface area contributed by atoms with E-state index >= 15 is 0 Å². The van der Waals surface area contributed by atoms with Gasteiger partial charge in [0.15, 0.2) is 0 Å². The maximum Gasteiger partial charge on any atom is 0.335 e. The molecule has 0 spiro atoms. The van der Waals surface area contributed by atoms with Crippen LogP contribution in [0.3, 0.4) is 0 Å². The summed E-state index contributed by atoms with van der Waals surface area (Å²) in [5.74, 6) is -4.28. The molecule has 0 saturated carbocycles. The highest BCUT2D eigenvalue weighted by molar-refractivity contribution is 5.85. The van der Waals surface area contributed by atoms with Crippen LogP contribution in [0, 0.1) is 12.3 Å². The van der Waals surface area contributed by atoms with Gasteiger partial charge < -0.3 is 37.9 Å². The van der Waals surface area contributed by atoms with E-state index in [0.717, 1.165) is 54.2 Å². The van der Waals surface area contributed by atoms with Crippen molar-refractivity contribution in [2.24, 2.45) is 5.41 Å². The second-order valence-corrected chi connectivity index (χ2v) is 10.8. The molecule has 0 aromatic heterocycles. The van der Waals surface area contributed by atoms with E-state index in [1.807, 2.05) is 0 Å². The Kier molecular flexibility index (Phi) is 27.6. The molecule has 1 unspecified atom stereocenters. The van der Waals surface area contributed by atoms with Gasteiger partial charge in [-0.2, -0.15) is 0 Å². The summed E-state index contributed by atoms with van der Waals surface area (Å²) < 4.78 is 39.2. The van der Waals surface area contributed by atoms with Crippen molar-refractivity contribution in [1.82, 2.24) is 0 Å². The van der Waals surface area contributed by atoms with Crippen LogP contribution in [-0.2, 0) is 66.8 Å². The first-order valence-corrected chi connectivity index (χ1v) is 16.6. The lowest BCUT2D eigenvalue weighted by Crippen LogP contribution is -2.38. The summed E-state index contributed by atoms with van der Waals surface area (Å²) in [4.78, 5) is 88.3. The number of ether oxygens (including phenoxy) is 8. The zero-order valence-electron chi connectivity index (χ0n) is 32.1. The van der Waals surface area contributed by atoms with E-state index < -0.39 is 59.3 Å². The zero-order chi connectivity index (χ0) is 43.8. The Morgan fingerprint density at radius 2 is 0.877 bits per heavy atom. The summed E-state index contributed by atoms with van der Waals surface area (Å²) in [5, 5.41) is 0. The molecule has 0 fully saturated rings. The molecular formula is C41H48O16. The van der Waals surface area contributed by atoms with Crippen molar-refractivity contribution in [3.63, 3.8) is 0 Å². The van der Waals surface area contributed by atoms with Crippen LogP contribution in [0.4, 0.5) is 0 Å². The molecule has 0 radical (unpaired) electrons. The third-order valence-corrected chi connectivity index (χ3v) is 6.48. The van der Waals surface area contributed by atoms with Crippen molar-refractivity contribution >= 4 is 47.8 Å². The molecule has 0 N–H and O–H groups in total. The third kappa shape index (κ3) is 25.5. The fourth-order valence-electron chi connectivity index (χ4n) is 3.40. The molecule has 1 aromatic carbocycles. The topological polar surface area (TPSA) is 210 Å². The molecule has 0 saturated heterocycles. The minimum atomic E-state index is -0.837. The molecule has 57 heavy (non-hydrogen) atoms. The Labute approximate surface area is 331 Å². The lowest BCUT2D eigenvalue weighted by atomic mass is 9.88. The highest BCUT2D eigenvalue weighted by atomic mass is 16.6. The van der Waals surface area contributed by atoms with Crippen molar-refractivity contribution in [2.75, 3.05) is 33.0 Å². The maximum atomic E-state index is 11.2. The molecule has 16 nitrogen and oxygen atoms in total. The van der Waals surface area contributed by atoms with Crippen LogP contribution in [-0.4, -0.2) is 86.9 Å². The molecule has 0 aliphatic carbocycles. The van der Waals surface area contributed by atoms with E-state index in [2.05, 4.69) is 52.6 Å². The minimum absolute atomic E-state index is 0.00554. The molecule has 1 aromatic rings. The van der Waals surface area contributed by atoms with E-state index in [4.69, 9.17) is 37.9 Å². The van der Waals surface area contributed by atoms with Gasteiger partial charge in [0.05, 0.1) is 12.0 Å². The van der Waals surface area contributed by atoms with Gasteiger partial charge in [-0.1, -0.05) is 59.6 Å². The second-order valence-electron chi connectivity index (χ2n) is 10.8. The lowest BCUT2D eigenvalue weighted by molar-refractivity contribution is -0.156. The van der Waals surface area contributed by atoms with Crippen LogP contribution in [0.1, 0.15) is 25.3 Å². The van der Waals surface area contributed by atoms with Crippen LogP contribution in [0.5, 0.6) is 11.5 Å². The van der Waals surface area contributed by atoms with E-state index in [1.165, 1.54) is 6.07 Å². The minimum Gasteiger partial charge on any atom is -0.462 e. The molecular weight excluding hydrogens is 748 g/mol. The molecule has 1 rings (SSSR count). The van der Waals surface area contributed by atoms with Crippen molar-refractivity contribution in [3.8, 4) is 11.5 Å². The molecule has 16 heteroatoms. The number of esters is 8. The van der Waals surface area contributed by atoms with Crippen molar-refractivity contribution < 1.29 is 76.3 Å². The maximum absolute atomic E-state index is 11.2. The van der Waals surface area contributed by atoms with Gasteiger partial charge in [-0.05, 0) is 31.0 Å². The number of aryl methyl sites for hydroxylation is 1. The van der Waals surface area contributed by atoms with Gasteiger partial charge in [-0.15, -0.1) is 0 Å². The van der Waals surface area contributed by atoms with Gasteiger partial charge in [0, 0.05) is 61.1 Å². The Morgan fingerprint density at radius 3 is 1.23 bits per heavy atom. The molecule has 308 valence electrons. The van der Waals surface area contributed by atoms with Gasteiger partial charge >= 0.3 is 47.8 Å². The first-order valence-electron chi connectivity index (χ1n) is 16.6. The summed E-state index contributed by atoms with van der Waals surface area (Å²) in [6.45, 7) is 29.4. The monoisotopic (exact) mass is 796 g/mol. The van der Waals surface area contributed by atoms with Crippen LogP contribution >= 0.6 is 0 Å². The number of carbonyl (C=O) groups is 8. The second kappa shape index (κ2) is 30.3. The number of carbonyl (C=O) groups excluding carboxylic acids is 8. The van der Waals surface area contributed by atoms with Gasteiger partial charge in [0.25, 0.3) is 0 Å². The lowest BCUT2D eigenvalue weighted by Gasteiger charge is -2.30. The summed E-state index contributed by atoms with van der Waals surface area (Å²) in [5.41, 5.74) is -0.0399. The zero-order valence-corrected chi connectivity index (χ0v) is 32.1. The standard InChI is InChI=1S/C15H20O6.C13H16O6.C13H12O4/c1-5-12(16)19-9-15(8-4,10-20-13(17)6-2)11-21-14(18)7-3;1-4-11(14)17-8-7-10(19-13(16)6-3)9-18-12(15)5-2;1-4-12(14)16-10-6-9(3)7-11(8-10)17-13(15)5-2/h5-7H,1-3,8-11H2,4H3;4-6,10H,1-3,7-9H2;4-8H,1-2H2,3H3. The summed E-state index contributed by atoms with van der Waals surface area (Å²) >= 11 is 0. The highest BCUT2D eigenvalue weighted by Crippen LogP contribution is 2.25. The van der Waals surface area contributed by atoms with Gasteiger partial charge in [-0.25, -0.2) is 38.4 Å². The average Bonchev–Trinajstić information content (AvgIpc) is 3.21. The molecule has 1 atom stereocenters. The Balaban J connectivity index is 0. The quantitative estimate of drug-likeness (QED) is 0.0637. The molecule has 0 aliphatic heterocycles. The smallest absolute Gasteiger partial charge is 0.335 e. The van der Waals surface area contributed by atoms with Crippen LogP contribution in [0.2, 0.25) is 0 Å². The molecule has 0 heterocycles. The van der Waals surface area contributed by atoms with Crippen LogP contribution in [0.15, 0.2) is 119 Å². The van der Waals surface area contributed by atoms with E-state index in [-0.39, 0.29) is 39.5 Å². The van der Waals surface area contributed by atoms with Crippen LogP contribution < -0.4 is 9.47 Å². The summed E-state index contributed by atoms with van der Waals surface area (Å²) in [6, 6.07) is 4.73. The number of rotatable bonds is 23. The molecule has 0 aliphatic rings. The third-order valence-electron chi connectivity index (χ3n) is 6.48. The van der Waals surface area contributed by atoms with E-state index in [1.54, 1.807) is 26.0 Å². The summed E-state index contributed by atoms with van der Waals surface area (Å²) in [6.07, 6.45) is 8.06. The van der Waals surface area contributed by atoms with E-state index in [0.29, 0.717) is 17.9 Å². The van der Waals surface area contributed by atoms with Gasteiger partial charge in [0.1, 0.15) is 44.0 Å². The average molecular weight is 797 g/mol. The predicted molar refractivity (Wildman–Crippen MR) is 206 cm³/mol. The highest BCUT2D eigenvalue weighted by Gasteiger charge is 2.33. The normalized spacial score (nSPS) is 10.1. The Hall–Kier alpha value is -7.10. The van der Waals surface area contributed by atoms with Crippen molar-refractivity contribution in [1.29, 1.82) is 0 Å². The van der Waals surface area contributed by atoms with Crippen LogP contribution in [0.25, 0.3) is 0 Å². The first-order chi connectivity index (χ1) is 27.0. The van der Waals surface area contributed by atoms with Gasteiger partial charge in [0.2, 0.25) is 0 Å². The Morgan fingerprint density at radius 1 is 0.526 bits per heavy atom. The largest absolute Gasteiger partial charge is 0.462 e. The van der Waals surface area contributed by atoms with E-state index in [9.17, 15) is 38.4 Å². The number of benzene rings is 1.